The van der Waals surface area contributed by atoms with E-state index < -0.39 is 29.5 Å². The molecule has 41 heavy (non-hydrogen) atoms. The molecule has 3 aliphatic rings. The van der Waals surface area contributed by atoms with E-state index in [-0.39, 0.29) is 35.6 Å². The van der Waals surface area contributed by atoms with E-state index in [4.69, 9.17) is 9.47 Å². The number of rotatable bonds is 9. The molecule has 2 N–H and O–H groups in total. The van der Waals surface area contributed by atoms with Gasteiger partial charge in [-0.2, -0.15) is 0 Å². The van der Waals surface area contributed by atoms with Crippen molar-refractivity contribution in [3.63, 3.8) is 0 Å². The quantitative estimate of drug-likeness (QED) is 0.387. The van der Waals surface area contributed by atoms with E-state index in [1.165, 1.54) is 18.2 Å². The zero-order valence-corrected chi connectivity index (χ0v) is 23.1. The topological polar surface area (TPSA) is 76.7 Å². The Kier molecular flexibility index (Phi) is 7.41. The smallest absolute Gasteiger partial charge is 0.243 e. The summed E-state index contributed by atoms with van der Waals surface area (Å²) in [4.78, 5) is 25.8. The fourth-order valence-corrected chi connectivity index (χ4v) is 6.38. The highest BCUT2D eigenvalue weighted by molar-refractivity contribution is 5.91. The maximum atomic E-state index is 14.8. The number of fused-ring (bicyclic) bond motifs is 1. The molecule has 3 aromatic carbocycles. The number of ether oxygens (including phenoxy) is 2. The Morgan fingerprint density at radius 1 is 1.02 bits per heavy atom. The van der Waals surface area contributed by atoms with E-state index in [0.29, 0.717) is 12.5 Å². The van der Waals surface area contributed by atoms with Crippen LogP contribution in [-0.2, 0) is 27.8 Å². The molecular formula is C33H34F2N2O4. The van der Waals surface area contributed by atoms with Gasteiger partial charge in [-0.05, 0) is 66.8 Å². The van der Waals surface area contributed by atoms with Gasteiger partial charge in [0.1, 0.15) is 29.2 Å². The van der Waals surface area contributed by atoms with E-state index in [0.717, 1.165) is 55.5 Å². The highest BCUT2D eigenvalue weighted by Gasteiger charge is 2.47. The Bertz CT molecular complexity index is 1450. The summed E-state index contributed by atoms with van der Waals surface area (Å²) in [7, 11) is 1.32. The first-order valence-electron chi connectivity index (χ1n) is 14.3. The lowest BCUT2D eigenvalue weighted by molar-refractivity contribution is -0.127. The Hall–Kier alpha value is -3.94. The fraction of sp³-hybridized carbons (Fsp3) is 0.394. The Morgan fingerprint density at radius 3 is 2.51 bits per heavy atom. The summed E-state index contributed by atoms with van der Waals surface area (Å²) in [6.07, 6.45) is 5.04. The van der Waals surface area contributed by atoms with Gasteiger partial charge in [0.2, 0.25) is 11.8 Å². The van der Waals surface area contributed by atoms with E-state index >= 15 is 0 Å². The number of aryl methyl sites for hydroxylation is 1. The van der Waals surface area contributed by atoms with Crippen LogP contribution in [0.2, 0.25) is 0 Å². The van der Waals surface area contributed by atoms with Crippen LogP contribution in [0.3, 0.4) is 0 Å². The monoisotopic (exact) mass is 560 g/mol. The summed E-state index contributed by atoms with van der Waals surface area (Å²) in [6, 6.07) is 17.6. The van der Waals surface area contributed by atoms with Crippen LogP contribution in [0.25, 0.3) is 0 Å². The maximum absolute atomic E-state index is 14.8. The van der Waals surface area contributed by atoms with Crippen LogP contribution in [0, 0.1) is 17.6 Å². The number of carbonyl (C=O) groups excluding carboxylic acids is 2. The lowest BCUT2D eigenvalue weighted by Gasteiger charge is -2.25. The summed E-state index contributed by atoms with van der Waals surface area (Å²) in [5.41, 5.74) is 3.29. The number of nitrogens with one attached hydrogen (secondary N) is 2. The molecule has 0 spiro atoms. The highest BCUT2D eigenvalue weighted by atomic mass is 19.1. The lowest BCUT2D eigenvalue weighted by atomic mass is 9.84. The van der Waals surface area contributed by atoms with Crippen molar-refractivity contribution in [2.45, 2.75) is 55.9 Å². The third-order valence-electron chi connectivity index (χ3n) is 8.89. The van der Waals surface area contributed by atoms with Gasteiger partial charge in [0, 0.05) is 42.0 Å². The average molecular weight is 561 g/mol. The van der Waals surface area contributed by atoms with Crippen LogP contribution in [0.5, 0.6) is 11.5 Å². The van der Waals surface area contributed by atoms with Gasteiger partial charge in [-0.3, -0.25) is 9.59 Å². The molecule has 0 radical (unpaired) electrons. The highest BCUT2D eigenvalue weighted by Crippen LogP contribution is 2.51. The summed E-state index contributed by atoms with van der Waals surface area (Å²) in [5, 5.41) is 5.41. The molecule has 214 valence electrons. The predicted octanol–water partition coefficient (Wildman–Crippen LogP) is 4.98. The van der Waals surface area contributed by atoms with Crippen molar-refractivity contribution in [2.75, 3.05) is 20.3 Å². The molecule has 8 heteroatoms. The number of hydrogen-bond donors (Lipinski definition) is 2. The van der Waals surface area contributed by atoms with Crippen molar-refractivity contribution < 1.29 is 27.8 Å². The van der Waals surface area contributed by atoms with Gasteiger partial charge < -0.3 is 20.1 Å². The van der Waals surface area contributed by atoms with Crippen molar-refractivity contribution in [1.29, 1.82) is 0 Å². The van der Waals surface area contributed by atoms with Crippen LogP contribution >= 0.6 is 0 Å². The molecule has 6 nitrogen and oxygen atoms in total. The van der Waals surface area contributed by atoms with Crippen molar-refractivity contribution >= 4 is 11.8 Å². The van der Waals surface area contributed by atoms with Crippen molar-refractivity contribution in [3.05, 3.63) is 94.6 Å². The maximum Gasteiger partial charge on any atom is 0.243 e. The number of carbonyl (C=O) groups is 2. The minimum Gasteiger partial charge on any atom is -0.497 e. The second kappa shape index (κ2) is 11.1. The number of hydrogen-bond acceptors (Lipinski definition) is 4. The first kappa shape index (κ1) is 27.2. The third kappa shape index (κ3) is 5.65. The summed E-state index contributed by atoms with van der Waals surface area (Å²) in [5.74, 6) is -1.97. The zero-order chi connectivity index (χ0) is 28.6. The number of halogens is 2. The third-order valence-corrected chi connectivity index (χ3v) is 8.89. The zero-order valence-electron chi connectivity index (χ0n) is 23.1. The first-order chi connectivity index (χ1) is 19.8. The molecule has 1 saturated carbocycles. The standard InChI is InChI=1S/C33H34F2N2O4/c1-40-25-15-27(34)30(28(35)16-25)26-18-36-32(39)31(26)37-29(38)17-33(11-12-33)23-7-4-8-24(14-23)41-19-20-9-10-21-5-2-3-6-22(21)13-20/h2-8,14-16,20,26,31H,9-13,17-19H2,1H3,(H,36,39)(H,37,38)/t20?,26-,31-/m0/s1. The van der Waals surface area contributed by atoms with E-state index in [1.54, 1.807) is 0 Å². The fourth-order valence-electron chi connectivity index (χ4n) is 6.38. The van der Waals surface area contributed by atoms with Crippen LogP contribution in [0.1, 0.15) is 53.9 Å². The first-order valence-corrected chi connectivity index (χ1v) is 14.3. The van der Waals surface area contributed by atoms with Gasteiger partial charge in [0.15, 0.2) is 0 Å². The Labute approximate surface area is 238 Å². The van der Waals surface area contributed by atoms with Gasteiger partial charge in [0.25, 0.3) is 0 Å². The largest absolute Gasteiger partial charge is 0.497 e. The Morgan fingerprint density at radius 2 is 1.78 bits per heavy atom. The van der Waals surface area contributed by atoms with Gasteiger partial charge >= 0.3 is 0 Å². The van der Waals surface area contributed by atoms with Crippen molar-refractivity contribution in [3.8, 4) is 11.5 Å². The van der Waals surface area contributed by atoms with Crippen LogP contribution in [0.15, 0.2) is 60.7 Å². The minimum atomic E-state index is -1.06. The predicted molar refractivity (Wildman–Crippen MR) is 150 cm³/mol. The molecule has 0 aromatic heterocycles. The second-order valence-corrected chi connectivity index (χ2v) is 11.6. The van der Waals surface area contributed by atoms with Gasteiger partial charge in [-0.25, -0.2) is 8.78 Å². The van der Waals surface area contributed by atoms with Crippen LogP contribution in [0.4, 0.5) is 8.78 Å². The molecule has 3 atom stereocenters. The van der Waals surface area contributed by atoms with Gasteiger partial charge in [-0.1, -0.05) is 36.4 Å². The molecule has 2 amide bonds. The normalized spacial score (nSPS) is 22.4. The molecule has 6 rings (SSSR count). The minimum absolute atomic E-state index is 0.0288. The number of benzene rings is 3. The molecule has 2 aliphatic carbocycles. The Balaban J connectivity index is 1.09. The summed E-state index contributed by atoms with van der Waals surface area (Å²) < 4.78 is 40.7. The van der Waals surface area contributed by atoms with Crippen LogP contribution < -0.4 is 20.1 Å². The van der Waals surface area contributed by atoms with Crippen LogP contribution in [-0.4, -0.2) is 38.1 Å². The molecule has 1 heterocycles. The van der Waals surface area contributed by atoms with Gasteiger partial charge in [0.05, 0.1) is 13.7 Å². The van der Waals surface area contributed by atoms with E-state index in [2.05, 4.69) is 34.9 Å². The molecule has 1 aliphatic heterocycles. The number of amides is 2. The molecular weight excluding hydrogens is 526 g/mol. The van der Waals surface area contributed by atoms with E-state index in [9.17, 15) is 18.4 Å². The molecule has 0 bridgehead atoms. The summed E-state index contributed by atoms with van der Waals surface area (Å²) in [6.45, 7) is 0.670. The summed E-state index contributed by atoms with van der Waals surface area (Å²) >= 11 is 0. The van der Waals surface area contributed by atoms with Crippen molar-refractivity contribution in [1.82, 2.24) is 10.6 Å². The molecule has 1 unspecified atom stereocenters. The SMILES string of the molecule is COc1cc(F)c([C@@H]2CNC(=O)[C@H]2NC(=O)CC2(c3cccc(OCC4CCc5ccccc5C4)c3)CC2)c(F)c1. The molecule has 1 saturated heterocycles. The average Bonchev–Trinajstić information content (AvgIpc) is 3.68. The second-order valence-electron chi connectivity index (χ2n) is 11.6. The van der Waals surface area contributed by atoms with Gasteiger partial charge in [-0.15, -0.1) is 0 Å². The molecule has 3 aromatic rings. The lowest BCUT2D eigenvalue weighted by Crippen LogP contribution is -2.44. The van der Waals surface area contributed by atoms with Crippen molar-refractivity contribution in [2.24, 2.45) is 5.92 Å². The molecule has 2 fully saturated rings. The number of methoxy groups -OCH3 is 1. The van der Waals surface area contributed by atoms with E-state index in [1.807, 2.05) is 24.3 Å².